The van der Waals surface area contributed by atoms with Gasteiger partial charge in [0, 0.05) is 12.0 Å². The lowest BCUT2D eigenvalue weighted by molar-refractivity contribution is -0.128. The van der Waals surface area contributed by atoms with Gasteiger partial charge in [0.2, 0.25) is 16.9 Å². The van der Waals surface area contributed by atoms with E-state index in [1.807, 2.05) is 45.0 Å². The minimum absolute atomic E-state index is 0.0453. The largest absolute Gasteiger partial charge is 0.344 e. The highest BCUT2D eigenvalue weighted by Crippen LogP contribution is 2.27. The van der Waals surface area contributed by atoms with Gasteiger partial charge in [0.05, 0.1) is 0 Å². The molecule has 6 nitrogen and oxygen atoms in total. The molecular formula is C23H34N4O2S. The Morgan fingerprint density at radius 1 is 1.13 bits per heavy atom. The van der Waals surface area contributed by atoms with Crippen molar-refractivity contribution in [3.8, 4) is 10.6 Å². The van der Waals surface area contributed by atoms with Gasteiger partial charge in [-0.3, -0.25) is 14.9 Å². The molecule has 2 rings (SSSR count). The normalized spacial score (nSPS) is 13.7. The zero-order chi connectivity index (χ0) is 22.5. The summed E-state index contributed by atoms with van der Waals surface area (Å²) in [5.74, 6) is -0.163. The molecule has 2 aromatic rings. The van der Waals surface area contributed by atoms with Gasteiger partial charge in [0.15, 0.2) is 0 Å². The summed E-state index contributed by atoms with van der Waals surface area (Å²) >= 11 is 1.32. The molecule has 2 N–H and O–H groups in total. The van der Waals surface area contributed by atoms with Gasteiger partial charge < -0.3 is 5.32 Å². The van der Waals surface area contributed by atoms with E-state index in [1.165, 1.54) is 11.3 Å². The van der Waals surface area contributed by atoms with Gasteiger partial charge in [-0.1, -0.05) is 76.6 Å². The van der Waals surface area contributed by atoms with Gasteiger partial charge in [0.1, 0.15) is 11.0 Å². The number of nitrogens with zero attached hydrogens (tertiary/aromatic N) is 2. The molecule has 0 aliphatic carbocycles. The third-order valence-corrected chi connectivity index (χ3v) is 5.57. The summed E-state index contributed by atoms with van der Waals surface area (Å²) in [6, 6.07) is 7.36. The Bertz CT molecular complexity index is 870. The van der Waals surface area contributed by atoms with Crippen LogP contribution in [0.1, 0.15) is 59.9 Å². The van der Waals surface area contributed by atoms with Gasteiger partial charge in [-0.2, -0.15) is 0 Å². The molecule has 0 aliphatic rings. The van der Waals surface area contributed by atoms with Gasteiger partial charge in [-0.05, 0) is 36.7 Å². The van der Waals surface area contributed by atoms with Crippen LogP contribution in [0.5, 0.6) is 0 Å². The van der Waals surface area contributed by atoms with Gasteiger partial charge >= 0.3 is 0 Å². The molecule has 1 heterocycles. The lowest BCUT2D eigenvalue weighted by Gasteiger charge is -2.25. The minimum atomic E-state index is -0.620. The van der Waals surface area contributed by atoms with Crippen LogP contribution < -0.4 is 10.6 Å². The van der Waals surface area contributed by atoms with Crippen LogP contribution >= 0.6 is 11.3 Å². The first kappa shape index (κ1) is 24.0. The molecule has 7 heteroatoms. The molecule has 0 unspecified atom stereocenters. The molecular weight excluding hydrogens is 396 g/mol. The molecule has 0 radical (unpaired) electrons. The van der Waals surface area contributed by atoms with Crippen LogP contribution in [0.3, 0.4) is 0 Å². The zero-order valence-electron chi connectivity index (χ0n) is 19.1. The van der Waals surface area contributed by atoms with Crippen molar-refractivity contribution in [1.29, 1.82) is 0 Å². The second-order valence-corrected chi connectivity index (χ2v) is 10.6. The SMILES string of the molecule is Cc1cccc(-c2nnc(NC(=O)[C@@H](NC(=O)C[C@@H](C)CC(C)(C)C)C(C)C)s2)c1. The minimum Gasteiger partial charge on any atom is -0.344 e. The smallest absolute Gasteiger partial charge is 0.249 e. The fraction of sp³-hybridized carbons (Fsp3) is 0.565. The predicted octanol–water partition coefficient (Wildman–Crippen LogP) is 5.06. The summed E-state index contributed by atoms with van der Waals surface area (Å²) < 4.78 is 0. The number of rotatable bonds is 8. The zero-order valence-corrected chi connectivity index (χ0v) is 19.9. The number of hydrogen-bond donors (Lipinski definition) is 2. The van der Waals surface area contributed by atoms with E-state index >= 15 is 0 Å². The number of hydrogen-bond acceptors (Lipinski definition) is 5. The first-order chi connectivity index (χ1) is 13.9. The third kappa shape index (κ3) is 7.52. The van der Waals surface area contributed by atoms with Crippen molar-refractivity contribution in [3.63, 3.8) is 0 Å². The van der Waals surface area contributed by atoms with Gasteiger partial charge in [-0.25, -0.2) is 0 Å². The molecule has 1 aromatic carbocycles. The molecule has 0 spiro atoms. The van der Waals surface area contributed by atoms with Gasteiger partial charge in [-0.15, -0.1) is 10.2 Å². The van der Waals surface area contributed by atoms with Gasteiger partial charge in [0.25, 0.3) is 0 Å². The van der Waals surface area contributed by atoms with E-state index in [-0.39, 0.29) is 29.1 Å². The highest BCUT2D eigenvalue weighted by Gasteiger charge is 2.26. The maximum Gasteiger partial charge on any atom is 0.249 e. The topological polar surface area (TPSA) is 84.0 Å². The molecule has 0 aliphatic heterocycles. The van der Waals surface area contributed by atoms with Crippen LogP contribution in [0.2, 0.25) is 0 Å². The number of aryl methyl sites for hydroxylation is 1. The summed E-state index contributed by atoms with van der Waals surface area (Å²) in [6.45, 7) is 14.4. The lowest BCUT2D eigenvalue weighted by Crippen LogP contribution is -2.47. The van der Waals surface area contributed by atoms with Crippen molar-refractivity contribution in [2.24, 2.45) is 17.3 Å². The van der Waals surface area contributed by atoms with E-state index in [0.29, 0.717) is 11.6 Å². The lowest BCUT2D eigenvalue weighted by atomic mass is 9.84. The maximum atomic E-state index is 12.8. The Hall–Kier alpha value is -2.28. The van der Waals surface area contributed by atoms with Crippen LogP contribution in [0.15, 0.2) is 24.3 Å². The number of anilines is 1. The summed E-state index contributed by atoms with van der Waals surface area (Å²) in [5, 5.41) is 15.2. The first-order valence-corrected chi connectivity index (χ1v) is 11.3. The molecule has 30 heavy (non-hydrogen) atoms. The molecule has 2 amide bonds. The predicted molar refractivity (Wildman–Crippen MR) is 123 cm³/mol. The highest BCUT2D eigenvalue weighted by atomic mass is 32.1. The average Bonchev–Trinajstić information content (AvgIpc) is 3.06. The quantitative estimate of drug-likeness (QED) is 0.613. The fourth-order valence-corrected chi connectivity index (χ4v) is 4.30. The number of amides is 2. The van der Waals surface area contributed by atoms with Crippen molar-refractivity contribution >= 4 is 28.3 Å². The van der Waals surface area contributed by atoms with E-state index in [9.17, 15) is 9.59 Å². The number of carbonyl (C=O) groups excluding carboxylic acids is 2. The summed E-state index contributed by atoms with van der Waals surface area (Å²) in [6.07, 6.45) is 1.36. The van der Waals surface area contributed by atoms with E-state index in [4.69, 9.17) is 0 Å². The van der Waals surface area contributed by atoms with Crippen LogP contribution in [0.25, 0.3) is 10.6 Å². The second kappa shape index (κ2) is 10.2. The van der Waals surface area contributed by atoms with Crippen LogP contribution in [-0.2, 0) is 9.59 Å². The monoisotopic (exact) mass is 430 g/mol. The van der Waals surface area contributed by atoms with Crippen LogP contribution in [-0.4, -0.2) is 28.1 Å². The molecule has 0 saturated carbocycles. The summed E-state index contributed by atoms with van der Waals surface area (Å²) in [5.41, 5.74) is 2.27. The molecule has 0 saturated heterocycles. The van der Waals surface area contributed by atoms with E-state index in [1.54, 1.807) is 0 Å². The van der Waals surface area contributed by atoms with E-state index in [2.05, 4.69) is 48.5 Å². The Morgan fingerprint density at radius 3 is 2.43 bits per heavy atom. The summed E-state index contributed by atoms with van der Waals surface area (Å²) in [7, 11) is 0. The van der Waals surface area contributed by atoms with Crippen molar-refractivity contribution in [2.75, 3.05) is 5.32 Å². The Labute approximate surface area is 183 Å². The highest BCUT2D eigenvalue weighted by molar-refractivity contribution is 7.18. The first-order valence-electron chi connectivity index (χ1n) is 10.5. The van der Waals surface area contributed by atoms with E-state index < -0.39 is 6.04 Å². The summed E-state index contributed by atoms with van der Waals surface area (Å²) in [4.78, 5) is 25.3. The van der Waals surface area contributed by atoms with E-state index in [0.717, 1.165) is 22.6 Å². The average molecular weight is 431 g/mol. The van der Waals surface area contributed by atoms with Crippen LogP contribution in [0, 0.1) is 24.2 Å². The molecule has 0 bridgehead atoms. The molecule has 164 valence electrons. The molecule has 0 fully saturated rings. The van der Waals surface area contributed by atoms with Crippen molar-refractivity contribution in [3.05, 3.63) is 29.8 Å². The van der Waals surface area contributed by atoms with Crippen LogP contribution in [0.4, 0.5) is 5.13 Å². The Morgan fingerprint density at radius 2 is 1.83 bits per heavy atom. The molecule has 2 atom stereocenters. The standard InChI is InChI=1S/C23H34N4O2S/c1-14(2)19(24-18(28)12-16(4)13-23(5,6)7)20(29)25-22-27-26-21(30-22)17-10-8-9-15(3)11-17/h8-11,14,16,19H,12-13H2,1-7H3,(H,24,28)(H,25,27,29)/t16-,19+/m1/s1. The Kier molecular flexibility index (Phi) is 8.12. The van der Waals surface area contributed by atoms with Crippen molar-refractivity contribution < 1.29 is 9.59 Å². The number of carbonyl (C=O) groups is 2. The molecule has 1 aromatic heterocycles. The number of nitrogens with one attached hydrogen (secondary N) is 2. The number of aromatic nitrogens is 2. The third-order valence-electron chi connectivity index (χ3n) is 4.68. The van der Waals surface area contributed by atoms with Crippen molar-refractivity contribution in [1.82, 2.24) is 15.5 Å². The maximum absolute atomic E-state index is 12.8. The van der Waals surface area contributed by atoms with Crippen molar-refractivity contribution in [2.45, 2.75) is 67.3 Å². The Balaban J connectivity index is 2.00. The number of benzene rings is 1. The second-order valence-electron chi connectivity index (χ2n) is 9.63. The fourth-order valence-electron chi connectivity index (χ4n) is 3.55.